The number of benzene rings is 2. The van der Waals surface area contributed by atoms with E-state index in [1.807, 2.05) is 54.6 Å². The summed E-state index contributed by atoms with van der Waals surface area (Å²) in [4.78, 5) is 12.4. The molecule has 0 fully saturated rings. The number of carbonyl (C=O) groups excluding carboxylic acids is 1. The van der Waals surface area contributed by atoms with Crippen LogP contribution in [0.15, 0.2) is 54.6 Å². The Labute approximate surface area is 154 Å². The highest BCUT2D eigenvalue weighted by Gasteiger charge is 2.20. The first kappa shape index (κ1) is 18.1. The van der Waals surface area contributed by atoms with Crippen LogP contribution in [-0.2, 0) is 4.79 Å². The second-order valence-corrected chi connectivity index (χ2v) is 6.73. The van der Waals surface area contributed by atoms with Gasteiger partial charge in [-0.3, -0.25) is 4.79 Å². The van der Waals surface area contributed by atoms with Crippen molar-refractivity contribution in [3.05, 3.63) is 65.7 Å². The molecule has 1 amide bonds. The zero-order chi connectivity index (χ0) is 18.4. The number of amides is 1. The third kappa shape index (κ3) is 4.66. The highest BCUT2D eigenvalue weighted by atomic mass is 16.5. The minimum atomic E-state index is -0.111. The third-order valence-corrected chi connectivity index (χ3v) is 4.32. The predicted molar refractivity (Wildman–Crippen MR) is 103 cm³/mol. The van der Waals surface area contributed by atoms with E-state index in [0.29, 0.717) is 13.2 Å². The summed E-state index contributed by atoms with van der Waals surface area (Å²) in [6.45, 7) is 5.50. The molecular weight excluding hydrogens is 326 g/mol. The zero-order valence-corrected chi connectivity index (χ0v) is 15.3. The summed E-state index contributed by atoms with van der Waals surface area (Å²) in [5, 5.41) is 3.10. The van der Waals surface area contributed by atoms with Crippen LogP contribution in [0.4, 0.5) is 0 Å². The van der Waals surface area contributed by atoms with Gasteiger partial charge in [-0.2, -0.15) is 0 Å². The maximum Gasteiger partial charge on any atom is 0.244 e. The topological polar surface area (TPSA) is 47.6 Å². The molecule has 1 aliphatic rings. The average molecular weight is 351 g/mol. The second kappa shape index (κ2) is 8.56. The molecule has 0 unspecified atom stereocenters. The maximum absolute atomic E-state index is 12.4. The molecule has 2 aromatic carbocycles. The van der Waals surface area contributed by atoms with Crippen LogP contribution in [0, 0.1) is 5.92 Å². The van der Waals surface area contributed by atoms with E-state index >= 15 is 0 Å². The van der Waals surface area contributed by atoms with Crippen molar-refractivity contribution in [1.29, 1.82) is 0 Å². The summed E-state index contributed by atoms with van der Waals surface area (Å²) in [5.41, 5.74) is 2.02. The molecule has 0 bridgehead atoms. The lowest BCUT2D eigenvalue weighted by atomic mass is 9.95. The van der Waals surface area contributed by atoms with Gasteiger partial charge in [0.05, 0.1) is 19.3 Å². The smallest absolute Gasteiger partial charge is 0.244 e. The normalized spacial score (nSPS) is 14.9. The second-order valence-electron chi connectivity index (χ2n) is 6.73. The molecule has 0 aromatic heterocycles. The van der Waals surface area contributed by atoms with Crippen molar-refractivity contribution >= 4 is 12.0 Å². The van der Waals surface area contributed by atoms with Crippen molar-refractivity contribution in [3.63, 3.8) is 0 Å². The van der Waals surface area contributed by atoms with Gasteiger partial charge in [-0.15, -0.1) is 0 Å². The molecule has 0 spiro atoms. The number of hydrogen-bond donors (Lipinski definition) is 1. The molecule has 1 atom stereocenters. The minimum absolute atomic E-state index is 0.0972. The fourth-order valence-corrected chi connectivity index (χ4v) is 2.95. The summed E-state index contributed by atoms with van der Waals surface area (Å²) >= 11 is 0. The number of fused-ring (bicyclic) bond motifs is 1. The molecule has 26 heavy (non-hydrogen) atoms. The van der Waals surface area contributed by atoms with E-state index in [2.05, 4.69) is 19.2 Å². The number of ether oxygens (including phenoxy) is 2. The summed E-state index contributed by atoms with van der Waals surface area (Å²) in [7, 11) is 0. The van der Waals surface area contributed by atoms with Crippen LogP contribution in [-0.4, -0.2) is 19.1 Å². The molecule has 0 saturated carbocycles. The highest BCUT2D eigenvalue weighted by molar-refractivity contribution is 5.92. The van der Waals surface area contributed by atoms with Crippen molar-refractivity contribution in [3.8, 4) is 11.5 Å². The van der Waals surface area contributed by atoms with Gasteiger partial charge >= 0.3 is 0 Å². The number of carbonyl (C=O) groups is 1. The lowest BCUT2D eigenvalue weighted by Gasteiger charge is -2.23. The lowest BCUT2D eigenvalue weighted by Crippen LogP contribution is -2.30. The molecular formula is C22H25NO3. The van der Waals surface area contributed by atoms with Gasteiger partial charge in [-0.25, -0.2) is 0 Å². The van der Waals surface area contributed by atoms with Crippen LogP contribution in [0.5, 0.6) is 11.5 Å². The van der Waals surface area contributed by atoms with Crippen LogP contribution in [0.25, 0.3) is 6.08 Å². The van der Waals surface area contributed by atoms with Gasteiger partial charge in [0.1, 0.15) is 0 Å². The van der Waals surface area contributed by atoms with Crippen molar-refractivity contribution in [2.45, 2.75) is 26.3 Å². The Balaban J connectivity index is 1.74. The molecule has 3 rings (SSSR count). The van der Waals surface area contributed by atoms with E-state index in [4.69, 9.17) is 9.47 Å². The maximum atomic E-state index is 12.4. The van der Waals surface area contributed by atoms with Crippen molar-refractivity contribution in [2.75, 3.05) is 13.2 Å². The molecule has 4 heteroatoms. The molecule has 1 heterocycles. The predicted octanol–water partition coefficient (Wildman–Crippen LogP) is 4.37. The van der Waals surface area contributed by atoms with E-state index < -0.39 is 0 Å². The van der Waals surface area contributed by atoms with E-state index in [1.165, 1.54) is 0 Å². The van der Waals surface area contributed by atoms with Gasteiger partial charge in [-0.05, 0) is 35.3 Å². The first-order valence-corrected chi connectivity index (χ1v) is 9.06. The summed E-state index contributed by atoms with van der Waals surface area (Å²) in [6, 6.07) is 15.6. The summed E-state index contributed by atoms with van der Waals surface area (Å²) < 4.78 is 11.5. The molecule has 1 aliphatic heterocycles. The van der Waals surface area contributed by atoms with E-state index in [0.717, 1.165) is 29.0 Å². The Bertz CT molecular complexity index is 768. The van der Waals surface area contributed by atoms with Gasteiger partial charge in [0.2, 0.25) is 5.91 Å². The molecule has 2 aromatic rings. The Morgan fingerprint density at radius 2 is 1.77 bits per heavy atom. The van der Waals surface area contributed by atoms with Gasteiger partial charge in [0.15, 0.2) is 11.5 Å². The monoisotopic (exact) mass is 351 g/mol. The van der Waals surface area contributed by atoms with Crippen molar-refractivity contribution in [1.82, 2.24) is 5.32 Å². The van der Waals surface area contributed by atoms with E-state index in [-0.39, 0.29) is 17.9 Å². The van der Waals surface area contributed by atoms with E-state index in [1.54, 1.807) is 6.08 Å². The molecule has 0 aliphatic carbocycles. The number of nitrogens with one attached hydrogen (secondary N) is 1. The molecule has 4 nitrogen and oxygen atoms in total. The largest absolute Gasteiger partial charge is 0.490 e. The zero-order valence-electron chi connectivity index (χ0n) is 15.3. The van der Waals surface area contributed by atoms with Crippen LogP contribution in [0.3, 0.4) is 0 Å². The van der Waals surface area contributed by atoms with Gasteiger partial charge in [0.25, 0.3) is 0 Å². The average Bonchev–Trinajstić information content (AvgIpc) is 2.90. The van der Waals surface area contributed by atoms with Crippen LogP contribution < -0.4 is 14.8 Å². The molecule has 0 saturated heterocycles. The Hall–Kier alpha value is -2.75. The standard InChI is InChI=1S/C22H25NO3/c1-16(2)22(23-21(24)12-9-17-7-4-3-5-8-17)18-10-11-19-20(15-18)26-14-6-13-25-19/h3-5,7-12,15-16,22H,6,13-14H2,1-2H3,(H,23,24)/b12-9+/t22-/m0/s1. The third-order valence-electron chi connectivity index (χ3n) is 4.32. The lowest BCUT2D eigenvalue weighted by molar-refractivity contribution is -0.117. The Morgan fingerprint density at radius 3 is 2.50 bits per heavy atom. The first-order chi connectivity index (χ1) is 12.6. The summed E-state index contributed by atoms with van der Waals surface area (Å²) in [6.07, 6.45) is 4.27. The van der Waals surface area contributed by atoms with Crippen LogP contribution >= 0.6 is 0 Å². The first-order valence-electron chi connectivity index (χ1n) is 9.06. The summed E-state index contributed by atoms with van der Waals surface area (Å²) in [5.74, 6) is 1.65. The van der Waals surface area contributed by atoms with Crippen molar-refractivity contribution < 1.29 is 14.3 Å². The van der Waals surface area contributed by atoms with Crippen LogP contribution in [0.2, 0.25) is 0 Å². The quantitative estimate of drug-likeness (QED) is 0.814. The van der Waals surface area contributed by atoms with Gasteiger partial charge in [-0.1, -0.05) is 50.2 Å². The molecule has 1 N–H and O–H groups in total. The number of rotatable bonds is 5. The highest BCUT2D eigenvalue weighted by Crippen LogP contribution is 2.34. The Morgan fingerprint density at radius 1 is 1.04 bits per heavy atom. The fourth-order valence-electron chi connectivity index (χ4n) is 2.95. The van der Waals surface area contributed by atoms with Crippen LogP contribution in [0.1, 0.15) is 37.4 Å². The molecule has 136 valence electrons. The minimum Gasteiger partial charge on any atom is -0.490 e. The van der Waals surface area contributed by atoms with E-state index in [9.17, 15) is 4.79 Å². The van der Waals surface area contributed by atoms with Gasteiger partial charge in [0, 0.05) is 12.5 Å². The Kier molecular flexibility index (Phi) is 5.95. The fraction of sp³-hybridized carbons (Fsp3) is 0.318. The van der Waals surface area contributed by atoms with Crippen molar-refractivity contribution in [2.24, 2.45) is 5.92 Å². The number of hydrogen-bond acceptors (Lipinski definition) is 3. The SMILES string of the molecule is CC(C)[C@H](NC(=O)/C=C/c1ccccc1)c1ccc2c(c1)OCCCO2. The van der Waals surface area contributed by atoms with Gasteiger partial charge < -0.3 is 14.8 Å². The molecule has 0 radical (unpaired) electrons.